The molecule has 2 aromatic carbocycles. The molecular formula is C21H30IN3O2S. The number of guanidine groups is 1. The van der Waals surface area contributed by atoms with E-state index in [4.69, 9.17) is 0 Å². The third-order valence-corrected chi connectivity index (χ3v) is 6.25. The van der Waals surface area contributed by atoms with Crippen LogP contribution in [0.1, 0.15) is 30.4 Å². The second-order valence-electron chi connectivity index (χ2n) is 6.68. The van der Waals surface area contributed by atoms with E-state index in [1.807, 2.05) is 6.07 Å². The molecule has 7 heteroatoms. The summed E-state index contributed by atoms with van der Waals surface area (Å²) in [6.45, 7) is 5.55. The van der Waals surface area contributed by atoms with Gasteiger partial charge in [-0.1, -0.05) is 55.0 Å². The van der Waals surface area contributed by atoms with Gasteiger partial charge in [0, 0.05) is 20.1 Å². The lowest BCUT2D eigenvalue weighted by molar-refractivity contribution is 0.592. The number of nitrogens with one attached hydrogen (secondary N) is 2. The van der Waals surface area contributed by atoms with Crippen molar-refractivity contribution in [3.8, 4) is 0 Å². The van der Waals surface area contributed by atoms with Crippen molar-refractivity contribution >= 4 is 39.8 Å². The number of rotatable bonds is 8. The molecule has 0 heterocycles. The SMILES string of the molecule is CN=C(NCCCS(=O)(=O)c1ccccc1)NCC(C)c1ccc(C)cc1.I. The third-order valence-electron chi connectivity index (χ3n) is 4.43. The van der Waals surface area contributed by atoms with E-state index in [1.165, 1.54) is 11.1 Å². The minimum absolute atomic E-state index is 0. The predicted molar refractivity (Wildman–Crippen MR) is 127 cm³/mol. The highest BCUT2D eigenvalue weighted by molar-refractivity contribution is 14.0. The van der Waals surface area contributed by atoms with Gasteiger partial charge in [-0.05, 0) is 37.0 Å². The van der Waals surface area contributed by atoms with Crippen molar-refractivity contribution in [2.24, 2.45) is 4.99 Å². The molecule has 0 bridgehead atoms. The molecule has 5 nitrogen and oxygen atoms in total. The normalized spacial score (nSPS) is 12.8. The smallest absolute Gasteiger partial charge is 0.190 e. The quantitative estimate of drug-likeness (QED) is 0.243. The Morgan fingerprint density at radius 3 is 2.29 bits per heavy atom. The summed E-state index contributed by atoms with van der Waals surface area (Å²) in [5.41, 5.74) is 2.53. The van der Waals surface area contributed by atoms with Crippen LogP contribution in [0.3, 0.4) is 0 Å². The van der Waals surface area contributed by atoms with E-state index in [2.05, 4.69) is 53.7 Å². The minimum Gasteiger partial charge on any atom is -0.356 e. The van der Waals surface area contributed by atoms with Crippen LogP contribution in [0.4, 0.5) is 0 Å². The molecule has 2 aromatic rings. The van der Waals surface area contributed by atoms with Gasteiger partial charge in [-0.3, -0.25) is 4.99 Å². The van der Waals surface area contributed by atoms with Crippen LogP contribution in [-0.4, -0.2) is 40.3 Å². The molecule has 2 rings (SSSR count). The summed E-state index contributed by atoms with van der Waals surface area (Å²) < 4.78 is 24.5. The summed E-state index contributed by atoms with van der Waals surface area (Å²) in [6, 6.07) is 17.1. The molecule has 2 N–H and O–H groups in total. The lowest BCUT2D eigenvalue weighted by Gasteiger charge is -2.16. The van der Waals surface area contributed by atoms with Crippen molar-refractivity contribution in [3.05, 3.63) is 65.7 Å². The summed E-state index contributed by atoms with van der Waals surface area (Å²) in [7, 11) is -1.52. The number of aryl methyl sites for hydroxylation is 1. The zero-order valence-electron chi connectivity index (χ0n) is 16.7. The molecule has 0 amide bonds. The first kappa shape index (κ1) is 24.4. The molecule has 0 aliphatic rings. The zero-order valence-corrected chi connectivity index (χ0v) is 19.8. The van der Waals surface area contributed by atoms with E-state index in [0.717, 1.165) is 6.54 Å². The molecule has 1 unspecified atom stereocenters. The Morgan fingerprint density at radius 2 is 1.68 bits per heavy atom. The molecule has 0 aliphatic carbocycles. The Morgan fingerprint density at radius 1 is 1.04 bits per heavy atom. The molecule has 0 aromatic heterocycles. The lowest BCUT2D eigenvalue weighted by atomic mass is 10.0. The number of nitrogens with zero attached hydrogens (tertiary/aromatic N) is 1. The van der Waals surface area contributed by atoms with Crippen molar-refractivity contribution < 1.29 is 8.42 Å². The molecule has 0 fully saturated rings. The zero-order chi connectivity index (χ0) is 19.7. The number of hydrogen-bond donors (Lipinski definition) is 2. The highest BCUT2D eigenvalue weighted by Gasteiger charge is 2.13. The predicted octanol–water partition coefficient (Wildman–Crippen LogP) is 3.75. The van der Waals surface area contributed by atoms with Gasteiger partial charge in [-0.2, -0.15) is 0 Å². The molecule has 0 spiro atoms. The summed E-state index contributed by atoms with van der Waals surface area (Å²) in [6.07, 6.45) is 0.519. The van der Waals surface area contributed by atoms with Crippen molar-refractivity contribution in [1.29, 1.82) is 0 Å². The van der Waals surface area contributed by atoms with Crippen LogP contribution >= 0.6 is 24.0 Å². The molecule has 28 heavy (non-hydrogen) atoms. The maximum Gasteiger partial charge on any atom is 0.190 e. The molecule has 0 saturated heterocycles. The first-order valence-electron chi connectivity index (χ1n) is 9.21. The van der Waals surface area contributed by atoms with Crippen LogP contribution in [0.25, 0.3) is 0 Å². The van der Waals surface area contributed by atoms with Crippen LogP contribution in [0, 0.1) is 6.92 Å². The first-order valence-corrected chi connectivity index (χ1v) is 10.9. The van der Waals surface area contributed by atoms with Gasteiger partial charge in [0.1, 0.15) is 0 Å². The average molecular weight is 515 g/mol. The molecule has 0 saturated carbocycles. The Hall–Kier alpha value is -1.61. The fourth-order valence-corrected chi connectivity index (χ4v) is 4.03. The van der Waals surface area contributed by atoms with Gasteiger partial charge in [0.25, 0.3) is 0 Å². The standard InChI is InChI=1S/C21H29N3O2S.HI/c1-17-10-12-19(13-11-17)18(2)16-24-21(22-3)23-14-7-15-27(25,26)20-8-5-4-6-9-20;/h4-6,8-13,18H,7,14-16H2,1-3H3,(H2,22,23,24);1H. The van der Waals surface area contributed by atoms with E-state index in [1.54, 1.807) is 31.3 Å². The van der Waals surface area contributed by atoms with E-state index in [0.29, 0.717) is 29.7 Å². The molecule has 0 radical (unpaired) electrons. The van der Waals surface area contributed by atoms with Gasteiger partial charge in [0.15, 0.2) is 15.8 Å². The van der Waals surface area contributed by atoms with Gasteiger partial charge in [-0.15, -0.1) is 24.0 Å². The second kappa shape index (κ2) is 12.1. The van der Waals surface area contributed by atoms with Gasteiger partial charge < -0.3 is 10.6 Å². The second-order valence-corrected chi connectivity index (χ2v) is 8.79. The average Bonchev–Trinajstić information content (AvgIpc) is 2.68. The van der Waals surface area contributed by atoms with Gasteiger partial charge >= 0.3 is 0 Å². The largest absolute Gasteiger partial charge is 0.356 e. The highest BCUT2D eigenvalue weighted by atomic mass is 127. The number of benzene rings is 2. The van der Waals surface area contributed by atoms with E-state index in [9.17, 15) is 8.42 Å². The first-order chi connectivity index (χ1) is 12.9. The van der Waals surface area contributed by atoms with Crippen LogP contribution in [0.15, 0.2) is 64.5 Å². The number of halogens is 1. The Balaban J connectivity index is 0.00000392. The highest BCUT2D eigenvalue weighted by Crippen LogP contribution is 2.14. The lowest BCUT2D eigenvalue weighted by Crippen LogP contribution is -2.39. The molecule has 0 aliphatic heterocycles. The van der Waals surface area contributed by atoms with Crippen molar-refractivity contribution in [2.75, 3.05) is 25.9 Å². The summed E-state index contributed by atoms with van der Waals surface area (Å²) >= 11 is 0. The molecule has 1 atom stereocenters. The fraction of sp³-hybridized carbons (Fsp3) is 0.381. The van der Waals surface area contributed by atoms with Gasteiger partial charge in [0.05, 0.1) is 10.6 Å². The van der Waals surface area contributed by atoms with Crippen molar-refractivity contribution in [1.82, 2.24) is 10.6 Å². The van der Waals surface area contributed by atoms with Crippen LogP contribution < -0.4 is 10.6 Å². The van der Waals surface area contributed by atoms with E-state index < -0.39 is 9.84 Å². The monoisotopic (exact) mass is 515 g/mol. The van der Waals surface area contributed by atoms with Gasteiger partial charge in [-0.25, -0.2) is 8.42 Å². The van der Waals surface area contributed by atoms with Crippen molar-refractivity contribution in [3.63, 3.8) is 0 Å². The molecular weight excluding hydrogens is 485 g/mol. The Bertz CT molecular complexity index is 838. The van der Waals surface area contributed by atoms with Crippen LogP contribution in [0.2, 0.25) is 0 Å². The maximum atomic E-state index is 12.3. The fourth-order valence-electron chi connectivity index (χ4n) is 2.70. The topological polar surface area (TPSA) is 70.6 Å². The summed E-state index contributed by atoms with van der Waals surface area (Å²) in [5, 5.41) is 6.48. The van der Waals surface area contributed by atoms with Crippen molar-refractivity contribution in [2.45, 2.75) is 31.1 Å². The maximum absolute atomic E-state index is 12.3. The Labute approximate surface area is 186 Å². The van der Waals surface area contributed by atoms with E-state index in [-0.39, 0.29) is 29.7 Å². The third kappa shape index (κ3) is 7.79. The number of hydrogen-bond acceptors (Lipinski definition) is 3. The minimum atomic E-state index is -3.23. The van der Waals surface area contributed by atoms with Crippen LogP contribution in [0.5, 0.6) is 0 Å². The summed E-state index contributed by atoms with van der Waals surface area (Å²) in [4.78, 5) is 4.58. The molecule has 154 valence electrons. The number of aliphatic imine (C=N–C) groups is 1. The van der Waals surface area contributed by atoms with Gasteiger partial charge in [0.2, 0.25) is 0 Å². The number of sulfone groups is 1. The van der Waals surface area contributed by atoms with Crippen LogP contribution in [-0.2, 0) is 9.84 Å². The van der Waals surface area contributed by atoms with E-state index >= 15 is 0 Å². The summed E-state index contributed by atoms with van der Waals surface area (Å²) in [5.74, 6) is 1.15. The Kier molecular flexibility index (Phi) is 10.5.